The van der Waals surface area contributed by atoms with Crippen molar-refractivity contribution in [1.82, 2.24) is 15.5 Å². The predicted octanol–water partition coefficient (Wildman–Crippen LogP) is 0.715. The quantitative estimate of drug-likeness (QED) is 0.633. The zero-order valence-corrected chi connectivity index (χ0v) is 16.3. The van der Waals surface area contributed by atoms with E-state index in [0.29, 0.717) is 45.1 Å². The smallest absolute Gasteiger partial charge is 0.322 e. The van der Waals surface area contributed by atoms with Gasteiger partial charge in [0.2, 0.25) is 5.91 Å². The van der Waals surface area contributed by atoms with Gasteiger partial charge < -0.3 is 10.2 Å². The number of carbonyl (C=O) groups excluding carboxylic acids is 3. The molecule has 0 unspecified atom stereocenters. The molecule has 2 N–H and O–H groups in total. The Morgan fingerprint density at radius 3 is 2.30 bits per heavy atom. The second-order valence-electron chi connectivity index (χ2n) is 8.59. The van der Waals surface area contributed by atoms with Crippen LogP contribution in [0.15, 0.2) is 0 Å². The van der Waals surface area contributed by atoms with Gasteiger partial charge in [0, 0.05) is 19.0 Å². The lowest BCUT2D eigenvalue weighted by Crippen LogP contribution is -2.59. The van der Waals surface area contributed by atoms with E-state index in [1.54, 1.807) is 4.90 Å². The van der Waals surface area contributed by atoms with Gasteiger partial charge in [0.15, 0.2) is 9.84 Å². The van der Waals surface area contributed by atoms with Crippen LogP contribution in [0.3, 0.4) is 0 Å². The number of hydrogen-bond acceptors (Lipinski definition) is 5. The van der Waals surface area contributed by atoms with Crippen molar-refractivity contribution in [3.8, 4) is 0 Å². The molecule has 2 heterocycles. The molecule has 2 aliphatic heterocycles. The van der Waals surface area contributed by atoms with E-state index in [9.17, 15) is 22.8 Å². The second-order valence-corrected chi connectivity index (χ2v) is 11.1. The molecule has 2 aliphatic carbocycles. The number of sulfone groups is 1. The van der Waals surface area contributed by atoms with E-state index >= 15 is 0 Å². The van der Waals surface area contributed by atoms with Crippen molar-refractivity contribution in [2.75, 3.05) is 18.8 Å². The fraction of sp³-hybridized carbons (Fsp3) is 0.833. The van der Waals surface area contributed by atoms with Gasteiger partial charge in [0.1, 0.15) is 5.54 Å². The average Bonchev–Trinajstić information content (AvgIpc) is 2.91. The summed E-state index contributed by atoms with van der Waals surface area (Å²) in [5.74, 6) is -0.450. The van der Waals surface area contributed by atoms with Crippen LogP contribution in [0.4, 0.5) is 4.79 Å². The lowest BCUT2D eigenvalue weighted by Gasteiger charge is -2.45. The number of nitrogens with zero attached hydrogens (tertiary/aromatic N) is 1. The van der Waals surface area contributed by atoms with Gasteiger partial charge >= 0.3 is 6.03 Å². The topological polar surface area (TPSA) is 113 Å². The molecule has 0 aromatic carbocycles. The fourth-order valence-corrected chi connectivity index (χ4v) is 7.48. The van der Waals surface area contributed by atoms with Crippen molar-refractivity contribution < 1.29 is 22.8 Å². The minimum atomic E-state index is -3.17. The lowest BCUT2D eigenvalue weighted by atomic mass is 9.76. The van der Waals surface area contributed by atoms with Crippen LogP contribution in [0.5, 0.6) is 0 Å². The lowest BCUT2D eigenvalue weighted by molar-refractivity contribution is -0.139. The molecule has 9 heteroatoms. The Hall–Kier alpha value is -1.64. The standard InChI is InChI=1S/C18H27N3O5S/c22-14(13-4-8-18(9-5-13)15(23)19-16(24)20-18)21-10-11-27(25,26)17(12-21)6-2-1-3-7-17/h13H,1-12H2,(H2,19,20,23,24). The number of hydrogen-bond donors (Lipinski definition) is 2. The molecule has 4 fully saturated rings. The van der Waals surface area contributed by atoms with Gasteiger partial charge in [-0.05, 0) is 38.5 Å². The molecule has 0 radical (unpaired) electrons. The molecule has 2 saturated heterocycles. The van der Waals surface area contributed by atoms with E-state index in [4.69, 9.17) is 0 Å². The number of nitrogens with one attached hydrogen (secondary N) is 2. The number of urea groups is 1. The molecular weight excluding hydrogens is 370 g/mol. The molecule has 8 nitrogen and oxygen atoms in total. The first-order valence-corrected chi connectivity index (χ1v) is 11.6. The molecular formula is C18H27N3O5S. The second kappa shape index (κ2) is 6.46. The Morgan fingerprint density at radius 1 is 1.04 bits per heavy atom. The number of imide groups is 1. The number of amides is 4. The highest BCUT2D eigenvalue weighted by Gasteiger charge is 2.52. The van der Waals surface area contributed by atoms with Gasteiger partial charge in [-0.25, -0.2) is 13.2 Å². The van der Waals surface area contributed by atoms with E-state index in [2.05, 4.69) is 10.6 Å². The highest BCUT2D eigenvalue weighted by molar-refractivity contribution is 7.92. The maximum atomic E-state index is 13.1. The molecule has 0 bridgehead atoms. The number of rotatable bonds is 1. The first-order chi connectivity index (χ1) is 12.8. The monoisotopic (exact) mass is 397 g/mol. The van der Waals surface area contributed by atoms with Crippen molar-refractivity contribution in [1.29, 1.82) is 0 Å². The molecule has 0 aromatic heterocycles. The third-order valence-electron chi connectivity index (χ3n) is 7.05. The summed E-state index contributed by atoms with van der Waals surface area (Å²) in [6.45, 7) is 0.578. The van der Waals surface area contributed by atoms with Gasteiger partial charge in [-0.3, -0.25) is 14.9 Å². The third kappa shape index (κ3) is 3.03. The van der Waals surface area contributed by atoms with E-state index in [1.807, 2.05) is 0 Å². The van der Waals surface area contributed by atoms with Gasteiger partial charge in [-0.15, -0.1) is 0 Å². The average molecular weight is 397 g/mol. The molecule has 4 aliphatic rings. The van der Waals surface area contributed by atoms with Gasteiger partial charge in [0.05, 0.1) is 10.5 Å². The Kier molecular flexibility index (Phi) is 4.48. The van der Waals surface area contributed by atoms with E-state index in [0.717, 1.165) is 19.3 Å². The summed E-state index contributed by atoms with van der Waals surface area (Å²) >= 11 is 0. The van der Waals surface area contributed by atoms with Crippen LogP contribution in [-0.2, 0) is 19.4 Å². The van der Waals surface area contributed by atoms with Crippen LogP contribution in [0.2, 0.25) is 0 Å². The van der Waals surface area contributed by atoms with Gasteiger partial charge in [0.25, 0.3) is 5.91 Å². The fourth-order valence-electron chi connectivity index (χ4n) is 5.32. The normalized spacial score (nSPS) is 35.1. The third-order valence-corrected chi connectivity index (χ3v) is 9.62. The van der Waals surface area contributed by atoms with Gasteiger partial charge in [-0.1, -0.05) is 19.3 Å². The first kappa shape index (κ1) is 18.7. The molecule has 27 heavy (non-hydrogen) atoms. The Morgan fingerprint density at radius 2 is 1.70 bits per heavy atom. The summed E-state index contributed by atoms with van der Waals surface area (Å²) < 4.78 is 24.7. The van der Waals surface area contributed by atoms with Crippen LogP contribution in [-0.4, -0.2) is 60.3 Å². The first-order valence-electron chi connectivity index (χ1n) is 9.92. The van der Waals surface area contributed by atoms with Crippen LogP contribution < -0.4 is 10.6 Å². The summed E-state index contributed by atoms with van der Waals surface area (Å²) in [5, 5.41) is 4.99. The Balaban J connectivity index is 1.43. The minimum Gasteiger partial charge on any atom is -0.340 e. The van der Waals surface area contributed by atoms with Crippen molar-refractivity contribution >= 4 is 27.7 Å². The van der Waals surface area contributed by atoms with Crippen molar-refractivity contribution in [3.05, 3.63) is 0 Å². The summed E-state index contributed by atoms with van der Waals surface area (Å²) in [6.07, 6.45) is 6.12. The van der Waals surface area contributed by atoms with E-state index in [-0.39, 0.29) is 30.0 Å². The van der Waals surface area contributed by atoms with Crippen molar-refractivity contribution in [3.63, 3.8) is 0 Å². The zero-order valence-electron chi connectivity index (χ0n) is 15.5. The number of carbonyl (C=O) groups is 3. The molecule has 4 rings (SSSR count). The summed E-state index contributed by atoms with van der Waals surface area (Å²) in [6, 6.07) is -0.467. The zero-order chi connectivity index (χ0) is 19.3. The molecule has 2 saturated carbocycles. The van der Waals surface area contributed by atoms with Crippen LogP contribution in [0.25, 0.3) is 0 Å². The molecule has 0 aromatic rings. The largest absolute Gasteiger partial charge is 0.340 e. The molecule has 150 valence electrons. The molecule has 0 atom stereocenters. The molecule has 2 spiro atoms. The SMILES string of the molecule is O=C1NC(=O)C2(CCC(C(=O)N3CCS(=O)(=O)C4(CCCCC4)C3)CC2)N1. The summed E-state index contributed by atoms with van der Waals surface area (Å²) in [4.78, 5) is 38.3. The predicted molar refractivity (Wildman–Crippen MR) is 97.5 cm³/mol. The van der Waals surface area contributed by atoms with Crippen LogP contribution in [0.1, 0.15) is 57.8 Å². The highest BCUT2D eigenvalue weighted by Crippen LogP contribution is 2.40. The summed E-state index contributed by atoms with van der Waals surface area (Å²) in [7, 11) is -3.17. The highest BCUT2D eigenvalue weighted by atomic mass is 32.2. The van der Waals surface area contributed by atoms with Crippen molar-refractivity contribution in [2.24, 2.45) is 5.92 Å². The summed E-state index contributed by atoms with van der Waals surface area (Å²) in [5.41, 5.74) is -0.871. The minimum absolute atomic E-state index is 0.00873. The van der Waals surface area contributed by atoms with Crippen molar-refractivity contribution in [2.45, 2.75) is 68.1 Å². The maximum absolute atomic E-state index is 13.1. The van der Waals surface area contributed by atoms with Crippen LogP contribution in [0, 0.1) is 5.92 Å². The Bertz CT molecular complexity index is 764. The Labute approximate surface area is 159 Å². The van der Waals surface area contributed by atoms with E-state index < -0.39 is 26.2 Å². The van der Waals surface area contributed by atoms with E-state index in [1.165, 1.54) is 0 Å². The van der Waals surface area contributed by atoms with Gasteiger partial charge in [-0.2, -0.15) is 0 Å². The van der Waals surface area contributed by atoms with Crippen LogP contribution >= 0.6 is 0 Å². The molecule has 4 amide bonds. The maximum Gasteiger partial charge on any atom is 0.322 e.